The summed E-state index contributed by atoms with van der Waals surface area (Å²) in [5.74, 6) is -0.240. The number of nitrogens with zero attached hydrogens (tertiary/aromatic N) is 1. The Morgan fingerprint density at radius 1 is 1.67 bits per heavy atom. The maximum atomic E-state index is 11.0. The third-order valence-electron chi connectivity index (χ3n) is 1.62. The van der Waals surface area contributed by atoms with Gasteiger partial charge in [0.15, 0.2) is 0 Å². The van der Waals surface area contributed by atoms with Crippen LogP contribution >= 0.6 is 11.6 Å². The number of ether oxygens (including phenoxy) is 1. The lowest BCUT2D eigenvalue weighted by atomic mass is 10.3. The molecule has 0 saturated heterocycles. The van der Waals surface area contributed by atoms with Crippen LogP contribution in [-0.4, -0.2) is 17.6 Å². The number of aromatic nitrogens is 1. The van der Waals surface area contributed by atoms with E-state index < -0.39 is 0 Å². The van der Waals surface area contributed by atoms with Gasteiger partial charge in [-0.05, 0) is 25.1 Å². The Morgan fingerprint density at radius 3 is 3.13 bits per heavy atom. The van der Waals surface area contributed by atoms with E-state index in [0.29, 0.717) is 11.6 Å². The normalized spacial score (nSPS) is 10.5. The molecule has 80 valence electrons. The second-order valence-electron chi connectivity index (χ2n) is 2.81. The molecule has 0 amide bonds. The number of carbonyl (C=O) groups is 1. The van der Waals surface area contributed by atoms with Gasteiger partial charge < -0.3 is 4.74 Å². The van der Waals surface area contributed by atoms with Crippen LogP contribution < -0.4 is 0 Å². The lowest BCUT2D eigenvalue weighted by molar-refractivity contribution is -0.142. The molecule has 0 atom stereocenters. The molecule has 0 spiro atoms. The molecular formula is C11H12ClNO2. The lowest BCUT2D eigenvalue weighted by Crippen LogP contribution is -2.01. The summed E-state index contributed by atoms with van der Waals surface area (Å²) in [6.45, 7) is 2.18. The Bertz CT molecular complexity index is 363. The highest BCUT2D eigenvalue weighted by Gasteiger charge is 1.96. The molecule has 0 aromatic carbocycles. The van der Waals surface area contributed by atoms with E-state index in [1.807, 2.05) is 0 Å². The second kappa shape index (κ2) is 6.19. The summed E-state index contributed by atoms with van der Waals surface area (Å²) in [5, 5.41) is 0.626. The van der Waals surface area contributed by atoms with E-state index in [9.17, 15) is 4.79 Å². The van der Waals surface area contributed by atoms with Gasteiger partial charge in [-0.1, -0.05) is 17.7 Å². The Labute approximate surface area is 93.7 Å². The van der Waals surface area contributed by atoms with Crippen molar-refractivity contribution in [3.63, 3.8) is 0 Å². The zero-order valence-electron chi connectivity index (χ0n) is 8.44. The zero-order valence-corrected chi connectivity index (χ0v) is 9.20. The van der Waals surface area contributed by atoms with Gasteiger partial charge in [-0.2, -0.15) is 0 Å². The molecule has 1 rings (SSSR count). The number of esters is 1. The average Bonchev–Trinajstić information content (AvgIpc) is 2.18. The summed E-state index contributed by atoms with van der Waals surface area (Å²) >= 11 is 5.77. The van der Waals surface area contributed by atoms with Crippen LogP contribution in [0.25, 0.3) is 6.08 Å². The molecule has 3 nitrogen and oxygen atoms in total. The van der Waals surface area contributed by atoms with E-state index in [-0.39, 0.29) is 12.4 Å². The van der Waals surface area contributed by atoms with E-state index in [4.69, 9.17) is 16.3 Å². The Balaban J connectivity index is 2.48. The monoisotopic (exact) mass is 225 g/mol. The van der Waals surface area contributed by atoms with E-state index >= 15 is 0 Å². The van der Waals surface area contributed by atoms with Crippen LogP contribution in [0.3, 0.4) is 0 Å². The SMILES string of the molecule is CCOC(=O)CC=Cc1cc(Cl)ccn1. The number of hydrogen-bond donors (Lipinski definition) is 0. The molecule has 1 aromatic rings. The smallest absolute Gasteiger partial charge is 0.309 e. The molecule has 4 heteroatoms. The highest BCUT2D eigenvalue weighted by atomic mass is 35.5. The number of pyridine rings is 1. The van der Waals surface area contributed by atoms with Crippen LogP contribution in [-0.2, 0) is 9.53 Å². The summed E-state index contributed by atoms with van der Waals surface area (Å²) in [6.07, 6.45) is 5.31. The molecule has 0 aliphatic rings. The molecular weight excluding hydrogens is 214 g/mol. The fourth-order valence-electron chi connectivity index (χ4n) is 1.01. The van der Waals surface area contributed by atoms with E-state index in [1.54, 1.807) is 37.4 Å². The minimum absolute atomic E-state index is 0.240. The summed E-state index contributed by atoms with van der Waals surface area (Å²) < 4.78 is 4.77. The van der Waals surface area contributed by atoms with Gasteiger partial charge in [-0.25, -0.2) is 0 Å². The van der Waals surface area contributed by atoms with Gasteiger partial charge in [-0.3, -0.25) is 9.78 Å². The summed E-state index contributed by atoms with van der Waals surface area (Å²) in [6, 6.07) is 3.42. The largest absolute Gasteiger partial charge is 0.466 e. The number of rotatable bonds is 4. The first-order valence-electron chi connectivity index (χ1n) is 4.66. The van der Waals surface area contributed by atoms with Crippen molar-refractivity contribution in [3.8, 4) is 0 Å². The van der Waals surface area contributed by atoms with Crippen LogP contribution in [0.2, 0.25) is 5.02 Å². The number of halogens is 1. The standard InChI is InChI=1S/C11H12ClNO2/c1-2-15-11(14)5-3-4-10-8-9(12)6-7-13-10/h3-4,6-8H,2,5H2,1H3. The first-order valence-corrected chi connectivity index (χ1v) is 5.04. The topological polar surface area (TPSA) is 39.2 Å². The van der Waals surface area contributed by atoms with Gasteiger partial charge in [0.2, 0.25) is 0 Å². The quantitative estimate of drug-likeness (QED) is 0.740. The van der Waals surface area contributed by atoms with E-state index in [1.165, 1.54) is 0 Å². The van der Waals surface area contributed by atoms with Crippen LogP contribution in [0.15, 0.2) is 24.4 Å². The summed E-state index contributed by atoms with van der Waals surface area (Å²) in [7, 11) is 0. The molecule has 0 saturated carbocycles. The van der Waals surface area contributed by atoms with Crippen molar-refractivity contribution in [2.24, 2.45) is 0 Å². The average molecular weight is 226 g/mol. The molecule has 0 bridgehead atoms. The van der Waals surface area contributed by atoms with Gasteiger partial charge in [0.1, 0.15) is 0 Å². The highest BCUT2D eigenvalue weighted by Crippen LogP contribution is 2.09. The van der Waals surface area contributed by atoms with Crippen LogP contribution in [0, 0.1) is 0 Å². The third-order valence-corrected chi connectivity index (χ3v) is 1.86. The van der Waals surface area contributed by atoms with Crippen molar-refractivity contribution in [1.82, 2.24) is 4.98 Å². The predicted molar refractivity (Wildman–Crippen MR) is 59.5 cm³/mol. The number of hydrogen-bond acceptors (Lipinski definition) is 3. The molecule has 0 aliphatic carbocycles. The van der Waals surface area contributed by atoms with Gasteiger partial charge >= 0.3 is 5.97 Å². The maximum Gasteiger partial charge on any atom is 0.309 e. The van der Waals surface area contributed by atoms with Crippen molar-refractivity contribution >= 4 is 23.6 Å². The Hall–Kier alpha value is -1.35. The molecule has 0 aliphatic heterocycles. The van der Waals surface area contributed by atoms with Crippen LogP contribution in [0.1, 0.15) is 19.0 Å². The van der Waals surface area contributed by atoms with Gasteiger partial charge in [0.25, 0.3) is 0 Å². The minimum Gasteiger partial charge on any atom is -0.466 e. The molecule has 1 aromatic heterocycles. The molecule has 0 unspecified atom stereocenters. The minimum atomic E-state index is -0.240. The fourth-order valence-corrected chi connectivity index (χ4v) is 1.18. The van der Waals surface area contributed by atoms with Crippen molar-refractivity contribution in [2.45, 2.75) is 13.3 Å². The Kier molecular flexibility index (Phi) is 4.84. The molecule has 15 heavy (non-hydrogen) atoms. The Morgan fingerprint density at radius 2 is 2.47 bits per heavy atom. The van der Waals surface area contributed by atoms with Crippen LogP contribution in [0.5, 0.6) is 0 Å². The summed E-state index contributed by atoms with van der Waals surface area (Å²) in [5.41, 5.74) is 0.729. The maximum absolute atomic E-state index is 11.0. The van der Waals surface area contributed by atoms with Crippen molar-refractivity contribution in [1.29, 1.82) is 0 Å². The van der Waals surface area contributed by atoms with E-state index in [0.717, 1.165) is 5.69 Å². The zero-order chi connectivity index (χ0) is 11.1. The third kappa shape index (κ3) is 4.61. The predicted octanol–water partition coefficient (Wildman–Crippen LogP) is 2.70. The number of carbonyl (C=O) groups excluding carboxylic acids is 1. The van der Waals surface area contributed by atoms with Gasteiger partial charge in [0.05, 0.1) is 18.7 Å². The summed E-state index contributed by atoms with van der Waals surface area (Å²) in [4.78, 5) is 15.0. The first-order chi connectivity index (χ1) is 7.22. The van der Waals surface area contributed by atoms with Crippen molar-refractivity contribution in [3.05, 3.63) is 35.1 Å². The van der Waals surface area contributed by atoms with Crippen molar-refractivity contribution < 1.29 is 9.53 Å². The fraction of sp³-hybridized carbons (Fsp3) is 0.273. The van der Waals surface area contributed by atoms with Gasteiger partial charge in [0, 0.05) is 11.2 Å². The van der Waals surface area contributed by atoms with Crippen LogP contribution in [0.4, 0.5) is 0 Å². The van der Waals surface area contributed by atoms with E-state index in [2.05, 4.69) is 4.98 Å². The molecule has 0 fully saturated rings. The van der Waals surface area contributed by atoms with Crippen molar-refractivity contribution in [2.75, 3.05) is 6.61 Å². The second-order valence-corrected chi connectivity index (χ2v) is 3.25. The molecule has 0 N–H and O–H groups in total. The lowest BCUT2D eigenvalue weighted by Gasteiger charge is -1.96. The molecule has 1 heterocycles. The molecule has 0 radical (unpaired) electrons. The van der Waals surface area contributed by atoms with Gasteiger partial charge in [-0.15, -0.1) is 0 Å². The first kappa shape index (κ1) is 11.7. The highest BCUT2D eigenvalue weighted by molar-refractivity contribution is 6.30.